The molecule has 4 aliphatic rings. The highest BCUT2D eigenvalue weighted by atomic mass is 16.7. The molecule has 2 aliphatic heterocycles. The van der Waals surface area contributed by atoms with Crippen LogP contribution in [0.1, 0.15) is 91.9 Å². The fourth-order valence-corrected chi connectivity index (χ4v) is 6.37. The summed E-state index contributed by atoms with van der Waals surface area (Å²) in [5.74, 6) is -1.68. The van der Waals surface area contributed by atoms with Crippen LogP contribution in [0.4, 0.5) is 4.79 Å². The van der Waals surface area contributed by atoms with E-state index in [1.807, 2.05) is 45.9 Å². The van der Waals surface area contributed by atoms with Crippen LogP contribution in [0.2, 0.25) is 0 Å². The Morgan fingerprint density at radius 3 is 2.38 bits per heavy atom. The number of Topliss-reactive ketones (excluding diaryl/α,β-unsaturated/α-hetero) is 1. The molecule has 1 spiro atoms. The molecule has 1 saturated heterocycles. The fraction of sp³-hybridized carbons (Fsp3) is 0.647. The number of ketones is 1. The lowest BCUT2D eigenvalue weighted by molar-refractivity contribution is -0.144. The van der Waals surface area contributed by atoms with Gasteiger partial charge in [0.25, 0.3) is 5.91 Å². The van der Waals surface area contributed by atoms with E-state index in [1.165, 1.54) is 4.90 Å². The maximum atomic E-state index is 14.4. The Labute approximate surface area is 275 Å². The van der Waals surface area contributed by atoms with Crippen LogP contribution in [0.5, 0.6) is 5.75 Å². The molecule has 0 radical (unpaired) electrons. The van der Waals surface area contributed by atoms with Crippen LogP contribution in [0.3, 0.4) is 0 Å². The standard InChI is InChI=1S/C34H47N5O8/c1-5-11-24(27(40)30(42)35-21-16-17-21)36-29(41)25-18-34(19-26(38-47-34)45-22-12-7-6-8-13-22)20-39(25)31(43)28(33(2,3)4)37-32(44)46-23-14-9-10-15-23/h6-8,12-13,21,23-25,28H,5,9-11,14-20H2,1-4H3,(H,35,42)(H,36,41)(H,37,44)/t24-,25-,28+,34-/m0/s1. The third-order valence-corrected chi connectivity index (χ3v) is 9.08. The van der Waals surface area contributed by atoms with Crippen molar-refractivity contribution < 1.29 is 38.3 Å². The lowest BCUT2D eigenvalue weighted by atomic mass is 9.85. The first-order valence-electron chi connectivity index (χ1n) is 16.8. The number of alkyl carbamates (subject to hydrolysis) is 1. The van der Waals surface area contributed by atoms with E-state index < -0.39 is 58.7 Å². The predicted molar refractivity (Wildman–Crippen MR) is 171 cm³/mol. The molecule has 256 valence electrons. The second-order valence-electron chi connectivity index (χ2n) is 14.3. The van der Waals surface area contributed by atoms with Crippen molar-refractivity contribution in [2.75, 3.05) is 6.54 Å². The van der Waals surface area contributed by atoms with E-state index >= 15 is 0 Å². The van der Waals surface area contributed by atoms with Crippen LogP contribution in [0, 0.1) is 5.41 Å². The number of carbonyl (C=O) groups is 5. The average molecular weight is 654 g/mol. The van der Waals surface area contributed by atoms with Crippen molar-refractivity contribution in [3.05, 3.63) is 30.3 Å². The van der Waals surface area contributed by atoms with Crippen LogP contribution in [-0.4, -0.2) is 82.8 Å². The summed E-state index contributed by atoms with van der Waals surface area (Å²) in [6.45, 7) is 7.30. The van der Waals surface area contributed by atoms with Gasteiger partial charge in [-0.1, -0.05) is 57.5 Å². The van der Waals surface area contributed by atoms with Crippen molar-refractivity contribution in [2.24, 2.45) is 10.6 Å². The van der Waals surface area contributed by atoms with Crippen molar-refractivity contribution in [2.45, 2.75) is 128 Å². The number of rotatable bonds is 11. The van der Waals surface area contributed by atoms with Gasteiger partial charge in [0, 0.05) is 12.5 Å². The zero-order valence-electron chi connectivity index (χ0n) is 27.7. The highest BCUT2D eigenvalue weighted by Crippen LogP contribution is 2.39. The van der Waals surface area contributed by atoms with Crippen molar-refractivity contribution in [1.29, 1.82) is 0 Å². The molecule has 3 N–H and O–H groups in total. The lowest BCUT2D eigenvalue weighted by Gasteiger charge is -2.35. The molecule has 0 bridgehead atoms. The number of carbonyl (C=O) groups excluding carboxylic acids is 5. The summed E-state index contributed by atoms with van der Waals surface area (Å²) in [6, 6.07) is 5.89. The van der Waals surface area contributed by atoms with Crippen LogP contribution in [-0.2, 0) is 28.8 Å². The van der Waals surface area contributed by atoms with Gasteiger partial charge in [-0.05, 0) is 62.5 Å². The minimum atomic E-state index is -1.08. The highest BCUT2D eigenvalue weighted by molar-refractivity contribution is 6.38. The first kappa shape index (κ1) is 34.2. The lowest BCUT2D eigenvalue weighted by Crippen LogP contribution is -2.59. The van der Waals surface area contributed by atoms with Gasteiger partial charge in [0.05, 0.1) is 19.0 Å². The largest absolute Gasteiger partial charge is 0.446 e. The third-order valence-electron chi connectivity index (χ3n) is 9.08. The molecule has 13 heteroatoms. The molecule has 2 heterocycles. The zero-order chi connectivity index (χ0) is 33.8. The molecule has 0 unspecified atom stereocenters. The van der Waals surface area contributed by atoms with Gasteiger partial charge in [0.1, 0.15) is 23.9 Å². The van der Waals surface area contributed by atoms with Gasteiger partial charge in [-0.15, -0.1) is 0 Å². The van der Waals surface area contributed by atoms with Gasteiger partial charge < -0.3 is 35.2 Å². The van der Waals surface area contributed by atoms with Crippen molar-refractivity contribution in [1.82, 2.24) is 20.9 Å². The number of ether oxygens (including phenoxy) is 2. The molecule has 2 saturated carbocycles. The molecule has 3 fully saturated rings. The summed E-state index contributed by atoms with van der Waals surface area (Å²) in [5.41, 5.74) is -1.83. The number of para-hydroxylation sites is 1. The molecular formula is C34H47N5O8. The summed E-state index contributed by atoms with van der Waals surface area (Å²) in [7, 11) is 0. The summed E-state index contributed by atoms with van der Waals surface area (Å²) in [6.07, 6.45) is 5.31. The van der Waals surface area contributed by atoms with Gasteiger partial charge in [0.15, 0.2) is 5.60 Å². The van der Waals surface area contributed by atoms with E-state index in [9.17, 15) is 24.0 Å². The molecule has 1 aromatic rings. The van der Waals surface area contributed by atoms with Crippen molar-refractivity contribution in [3.63, 3.8) is 0 Å². The Balaban J connectivity index is 1.36. The van der Waals surface area contributed by atoms with Gasteiger partial charge in [-0.25, -0.2) is 4.79 Å². The van der Waals surface area contributed by atoms with E-state index in [0.717, 1.165) is 38.5 Å². The average Bonchev–Trinajstić information content (AvgIpc) is 3.37. The van der Waals surface area contributed by atoms with E-state index in [0.29, 0.717) is 18.1 Å². The normalized spacial score (nSPS) is 23.8. The zero-order valence-corrected chi connectivity index (χ0v) is 27.7. The number of hydrogen-bond acceptors (Lipinski definition) is 9. The van der Waals surface area contributed by atoms with Crippen LogP contribution >= 0.6 is 0 Å². The van der Waals surface area contributed by atoms with Crippen LogP contribution in [0.25, 0.3) is 0 Å². The van der Waals surface area contributed by atoms with Crippen molar-refractivity contribution in [3.8, 4) is 5.75 Å². The number of hydrogen-bond donors (Lipinski definition) is 3. The minimum Gasteiger partial charge on any atom is -0.446 e. The number of likely N-dealkylation sites (tertiary alicyclic amines) is 1. The van der Waals surface area contributed by atoms with Crippen LogP contribution < -0.4 is 20.7 Å². The summed E-state index contributed by atoms with van der Waals surface area (Å²) >= 11 is 0. The molecule has 2 aliphatic carbocycles. The molecule has 13 nitrogen and oxygen atoms in total. The van der Waals surface area contributed by atoms with Gasteiger partial charge in [0.2, 0.25) is 23.5 Å². The first-order valence-corrected chi connectivity index (χ1v) is 16.8. The molecule has 4 amide bonds. The second-order valence-corrected chi connectivity index (χ2v) is 14.3. The number of nitrogens with one attached hydrogen (secondary N) is 3. The number of amides is 4. The van der Waals surface area contributed by atoms with Gasteiger partial charge >= 0.3 is 6.09 Å². The Morgan fingerprint density at radius 1 is 1.04 bits per heavy atom. The monoisotopic (exact) mass is 653 g/mol. The fourth-order valence-electron chi connectivity index (χ4n) is 6.37. The Kier molecular flexibility index (Phi) is 10.4. The van der Waals surface area contributed by atoms with E-state index in [2.05, 4.69) is 21.1 Å². The van der Waals surface area contributed by atoms with Gasteiger partial charge in [-0.2, -0.15) is 0 Å². The smallest absolute Gasteiger partial charge is 0.408 e. The summed E-state index contributed by atoms with van der Waals surface area (Å²) in [4.78, 5) is 74.4. The van der Waals surface area contributed by atoms with E-state index in [4.69, 9.17) is 14.3 Å². The van der Waals surface area contributed by atoms with Gasteiger partial charge in [-0.3, -0.25) is 19.2 Å². The van der Waals surface area contributed by atoms with E-state index in [-0.39, 0.29) is 38.0 Å². The highest BCUT2D eigenvalue weighted by Gasteiger charge is 2.56. The van der Waals surface area contributed by atoms with Crippen LogP contribution in [0.15, 0.2) is 35.5 Å². The molecular weight excluding hydrogens is 606 g/mol. The molecule has 47 heavy (non-hydrogen) atoms. The second kappa shape index (κ2) is 14.3. The maximum Gasteiger partial charge on any atom is 0.408 e. The molecule has 4 atom stereocenters. The summed E-state index contributed by atoms with van der Waals surface area (Å²) in [5, 5.41) is 12.4. The molecule has 0 aromatic heterocycles. The Morgan fingerprint density at radius 2 is 1.74 bits per heavy atom. The predicted octanol–water partition coefficient (Wildman–Crippen LogP) is 3.36. The van der Waals surface area contributed by atoms with E-state index in [1.54, 1.807) is 12.1 Å². The maximum absolute atomic E-state index is 14.4. The third kappa shape index (κ3) is 8.61. The van der Waals surface area contributed by atoms with Crippen molar-refractivity contribution >= 4 is 35.5 Å². The number of nitrogens with zero attached hydrogens (tertiary/aromatic N) is 2. The summed E-state index contributed by atoms with van der Waals surface area (Å²) < 4.78 is 11.5. The minimum absolute atomic E-state index is 0.0127. The number of benzene rings is 1. The quantitative estimate of drug-likeness (QED) is 0.306. The molecule has 5 rings (SSSR count). The number of oxime groups is 1. The topological polar surface area (TPSA) is 165 Å². The molecule has 1 aromatic carbocycles. The Bertz CT molecular complexity index is 1370. The SMILES string of the molecule is CCC[C@H](NC(=O)[C@@H]1C[C@]2(CC(Oc3ccccc3)=NO2)CN1C(=O)[C@@H](NC(=O)OC1CCCC1)C(C)(C)C)C(=O)C(=O)NC1CC1. The first-order chi connectivity index (χ1) is 22.4. The Hall–Kier alpha value is -4.16.